The number of nitrogens with one attached hydrogen (secondary N) is 2. The van der Waals surface area contributed by atoms with Gasteiger partial charge in [-0.2, -0.15) is 0 Å². The second-order valence-corrected chi connectivity index (χ2v) is 4.34. The molecule has 0 aliphatic rings. The lowest BCUT2D eigenvalue weighted by molar-refractivity contribution is -0.121. The van der Waals surface area contributed by atoms with Gasteiger partial charge in [-0.25, -0.2) is 4.39 Å². The number of amides is 2. The van der Waals surface area contributed by atoms with Gasteiger partial charge in [0.05, 0.1) is 6.42 Å². The molecule has 0 heterocycles. The van der Waals surface area contributed by atoms with E-state index in [1.807, 2.05) is 0 Å². The fourth-order valence-electron chi connectivity index (χ4n) is 1.59. The lowest BCUT2D eigenvalue weighted by Gasteiger charge is -2.05. The summed E-state index contributed by atoms with van der Waals surface area (Å²) < 4.78 is 12.7. The van der Waals surface area contributed by atoms with E-state index >= 15 is 0 Å². The van der Waals surface area contributed by atoms with Crippen molar-refractivity contribution in [3.05, 3.63) is 35.6 Å². The van der Waals surface area contributed by atoms with Crippen LogP contribution in [0.2, 0.25) is 0 Å². The van der Waals surface area contributed by atoms with Crippen LogP contribution >= 0.6 is 0 Å². The summed E-state index contributed by atoms with van der Waals surface area (Å²) in [5.74, 6) is -0.423. The van der Waals surface area contributed by atoms with Crippen molar-refractivity contribution in [1.82, 2.24) is 10.6 Å². The molecule has 4 nitrogen and oxygen atoms in total. The molecule has 1 rings (SSSR count). The second-order valence-electron chi connectivity index (χ2n) is 4.34. The van der Waals surface area contributed by atoms with Gasteiger partial charge >= 0.3 is 0 Å². The van der Waals surface area contributed by atoms with Crippen LogP contribution in [0.25, 0.3) is 0 Å². The molecule has 1 aromatic carbocycles. The number of carbonyl (C=O) groups is 2. The average Bonchev–Trinajstić information content (AvgIpc) is 2.36. The zero-order chi connectivity index (χ0) is 14.1. The molecule has 0 unspecified atom stereocenters. The van der Waals surface area contributed by atoms with Crippen LogP contribution in [0.5, 0.6) is 0 Å². The molecule has 0 saturated heterocycles. The summed E-state index contributed by atoms with van der Waals surface area (Å²) in [6.45, 7) is 2.69. The maximum atomic E-state index is 12.7. The Morgan fingerprint density at radius 2 is 1.63 bits per heavy atom. The smallest absolute Gasteiger partial charge is 0.224 e. The van der Waals surface area contributed by atoms with E-state index in [-0.39, 0.29) is 24.1 Å². The van der Waals surface area contributed by atoms with Crippen molar-refractivity contribution in [2.45, 2.75) is 26.2 Å². The van der Waals surface area contributed by atoms with Crippen LogP contribution < -0.4 is 10.6 Å². The third kappa shape index (κ3) is 7.18. The Morgan fingerprint density at radius 1 is 1.05 bits per heavy atom. The second kappa shape index (κ2) is 8.24. The van der Waals surface area contributed by atoms with Crippen molar-refractivity contribution in [3.63, 3.8) is 0 Å². The van der Waals surface area contributed by atoms with E-state index in [1.54, 1.807) is 12.1 Å². The van der Waals surface area contributed by atoms with E-state index in [4.69, 9.17) is 0 Å². The van der Waals surface area contributed by atoms with E-state index in [2.05, 4.69) is 10.6 Å². The normalized spacial score (nSPS) is 10.0. The molecule has 0 fully saturated rings. The van der Waals surface area contributed by atoms with E-state index in [0.29, 0.717) is 13.1 Å². The van der Waals surface area contributed by atoms with Crippen LogP contribution in [0.4, 0.5) is 4.39 Å². The van der Waals surface area contributed by atoms with Crippen molar-refractivity contribution < 1.29 is 14.0 Å². The Kier molecular flexibility index (Phi) is 6.57. The van der Waals surface area contributed by atoms with Gasteiger partial charge in [-0.1, -0.05) is 12.1 Å². The van der Waals surface area contributed by atoms with Gasteiger partial charge in [-0.3, -0.25) is 9.59 Å². The van der Waals surface area contributed by atoms with Gasteiger partial charge in [0, 0.05) is 20.0 Å². The molecule has 0 aliphatic heterocycles. The van der Waals surface area contributed by atoms with Crippen LogP contribution in [-0.4, -0.2) is 24.9 Å². The van der Waals surface area contributed by atoms with Crippen LogP contribution in [0.1, 0.15) is 25.3 Å². The van der Waals surface area contributed by atoms with Crippen molar-refractivity contribution in [2.75, 3.05) is 13.1 Å². The number of unbranched alkanes of at least 4 members (excludes halogenated alkanes) is 1. The van der Waals surface area contributed by atoms with E-state index < -0.39 is 0 Å². The van der Waals surface area contributed by atoms with Gasteiger partial charge < -0.3 is 10.6 Å². The van der Waals surface area contributed by atoms with E-state index in [1.165, 1.54) is 19.1 Å². The lowest BCUT2D eigenvalue weighted by atomic mass is 10.1. The summed E-state index contributed by atoms with van der Waals surface area (Å²) in [4.78, 5) is 22.2. The zero-order valence-corrected chi connectivity index (χ0v) is 11.0. The van der Waals surface area contributed by atoms with Crippen molar-refractivity contribution in [3.8, 4) is 0 Å². The van der Waals surface area contributed by atoms with E-state index in [9.17, 15) is 14.0 Å². The Balaban J connectivity index is 2.11. The van der Waals surface area contributed by atoms with Crippen LogP contribution in [0.15, 0.2) is 24.3 Å². The van der Waals surface area contributed by atoms with Gasteiger partial charge in [0.25, 0.3) is 0 Å². The molecule has 19 heavy (non-hydrogen) atoms. The number of hydrogen-bond acceptors (Lipinski definition) is 2. The molecule has 0 radical (unpaired) electrons. The highest BCUT2D eigenvalue weighted by Gasteiger charge is 2.02. The van der Waals surface area contributed by atoms with Crippen LogP contribution in [-0.2, 0) is 16.0 Å². The molecule has 5 heteroatoms. The molecule has 0 bridgehead atoms. The lowest BCUT2D eigenvalue weighted by Crippen LogP contribution is -2.27. The molecule has 104 valence electrons. The third-order valence-corrected chi connectivity index (χ3v) is 2.58. The molecular weight excluding hydrogens is 247 g/mol. The summed E-state index contributed by atoms with van der Waals surface area (Å²) in [7, 11) is 0. The Labute approximate surface area is 112 Å². The molecule has 2 amide bonds. The van der Waals surface area contributed by atoms with E-state index in [0.717, 1.165) is 18.4 Å². The van der Waals surface area contributed by atoms with Crippen LogP contribution in [0.3, 0.4) is 0 Å². The molecule has 0 atom stereocenters. The maximum absolute atomic E-state index is 12.7. The number of carbonyl (C=O) groups excluding carboxylic acids is 2. The number of hydrogen-bond donors (Lipinski definition) is 2. The summed E-state index contributed by atoms with van der Waals surface area (Å²) in [5, 5.41) is 5.48. The first-order valence-electron chi connectivity index (χ1n) is 6.33. The molecule has 0 saturated carbocycles. The predicted octanol–water partition coefficient (Wildman–Crippen LogP) is 1.40. The van der Waals surface area contributed by atoms with Crippen molar-refractivity contribution in [1.29, 1.82) is 0 Å². The topological polar surface area (TPSA) is 58.2 Å². The number of rotatable bonds is 7. The summed E-state index contributed by atoms with van der Waals surface area (Å²) in [5.41, 5.74) is 0.789. The quantitative estimate of drug-likeness (QED) is 0.733. The van der Waals surface area contributed by atoms with Crippen molar-refractivity contribution in [2.24, 2.45) is 0 Å². The largest absolute Gasteiger partial charge is 0.356 e. The first-order chi connectivity index (χ1) is 9.08. The predicted molar refractivity (Wildman–Crippen MR) is 71.0 cm³/mol. The Bertz CT molecular complexity index is 418. The molecular formula is C14H19FN2O2. The molecule has 0 spiro atoms. The first-order valence-corrected chi connectivity index (χ1v) is 6.33. The molecule has 1 aromatic rings. The van der Waals surface area contributed by atoms with Gasteiger partial charge in [0.15, 0.2) is 0 Å². The minimum Gasteiger partial charge on any atom is -0.356 e. The zero-order valence-electron chi connectivity index (χ0n) is 11.0. The Morgan fingerprint density at radius 3 is 2.21 bits per heavy atom. The van der Waals surface area contributed by atoms with Crippen molar-refractivity contribution >= 4 is 11.8 Å². The third-order valence-electron chi connectivity index (χ3n) is 2.58. The summed E-state index contributed by atoms with van der Waals surface area (Å²) >= 11 is 0. The first kappa shape index (κ1) is 15.1. The number of benzene rings is 1. The highest BCUT2D eigenvalue weighted by molar-refractivity contribution is 5.78. The molecule has 0 aromatic heterocycles. The SMILES string of the molecule is CC(=O)NCCCCNC(=O)Cc1ccc(F)cc1. The van der Waals surface area contributed by atoms with Gasteiger partial charge in [-0.05, 0) is 30.5 Å². The fraction of sp³-hybridized carbons (Fsp3) is 0.429. The van der Waals surface area contributed by atoms with Crippen LogP contribution in [0, 0.1) is 5.82 Å². The summed E-state index contributed by atoms with van der Waals surface area (Å²) in [6, 6.07) is 5.89. The number of halogens is 1. The van der Waals surface area contributed by atoms with Gasteiger partial charge in [0.2, 0.25) is 11.8 Å². The highest BCUT2D eigenvalue weighted by Crippen LogP contribution is 2.03. The molecule has 2 N–H and O–H groups in total. The minimum atomic E-state index is -0.304. The minimum absolute atomic E-state index is 0.0413. The van der Waals surface area contributed by atoms with Gasteiger partial charge in [-0.15, -0.1) is 0 Å². The standard InChI is InChI=1S/C14H19FN2O2/c1-11(18)16-8-2-3-9-17-14(19)10-12-4-6-13(15)7-5-12/h4-7H,2-3,8-10H2,1H3,(H,16,18)(H,17,19). The average molecular weight is 266 g/mol. The maximum Gasteiger partial charge on any atom is 0.224 e. The fourth-order valence-corrected chi connectivity index (χ4v) is 1.59. The Hall–Kier alpha value is -1.91. The highest BCUT2D eigenvalue weighted by atomic mass is 19.1. The monoisotopic (exact) mass is 266 g/mol. The van der Waals surface area contributed by atoms with Gasteiger partial charge in [0.1, 0.15) is 5.82 Å². The molecule has 0 aliphatic carbocycles. The summed E-state index contributed by atoms with van der Waals surface area (Å²) in [6.07, 6.45) is 1.90.